The minimum atomic E-state index is -0.312. The van der Waals surface area contributed by atoms with E-state index in [0.717, 1.165) is 37.9 Å². The van der Waals surface area contributed by atoms with E-state index in [2.05, 4.69) is 10.3 Å². The fourth-order valence-electron chi connectivity index (χ4n) is 4.33. The van der Waals surface area contributed by atoms with Crippen molar-refractivity contribution in [2.45, 2.75) is 43.7 Å². The molecule has 1 aromatic rings. The lowest BCUT2D eigenvalue weighted by molar-refractivity contribution is -0.149. The second-order valence-corrected chi connectivity index (χ2v) is 6.95. The van der Waals surface area contributed by atoms with E-state index in [1.807, 2.05) is 12.1 Å². The number of nitrogens with one attached hydrogen (secondary N) is 1. The third-order valence-electron chi connectivity index (χ3n) is 5.81. The average molecular weight is 302 g/mol. The summed E-state index contributed by atoms with van der Waals surface area (Å²) in [5.41, 5.74) is 0.511. The molecule has 5 nitrogen and oxygen atoms in total. The molecule has 5 heteroatoms. The van der Waals surface area contributed by atoms with Gasteiger partial charge in [0.1, 0.15) is 0 Å². The minimum absolute atomic E-state index is 0.0603. The molecule has 2 aliphatic carbocycles. The molecule has 2 N–H and O–H groups in total. The van der Waals surface area contributed by atoms with Crippen molar-refractivity contribution < 1.29 is 14.6 Å². The average Bonchev–Trinajstić information content (AvgIpc) is 3.14. The molecule has 3 aliphatic rings. The molecule has 1 saturated heterocycles. The highest BCUT2D eigenvalue weighted by Crippen LogP contribution is 2.71. The van der Waals surface area contributed by atoms with Crippen LogP contribution >= 0.6 is 0 Å². The van der Waals surface area contributed by atoms with Gasteiger partial charge in [0.2, 0.25) is 5.91 Å². The van der Waals surface area contributed by atoms with Crippen LogP contribution in [0.25, 0.3) is 0 Å². The lowest BCUT2D eigenvalue weighted by Gasteiger charge is -2.44. The molecule has 2 heterocycles. The number of pyridine rings is 1. The number of carbonyl (C=O) groups excluding carboxylic acids is 1. The molecule has 1 aromatic heterocycles. The van der Waals surface area contributed by atoms with Crippen molar-refractivity contribution in [1.82, 2.24) is 10.3 Å². The van der Waals surface area contributed by atoms with Gasteiger partial charge >= 0.3 is 0 Å². The number of aliphatic hydroxyl groups is 1. The Morgan fingerprint density at radius 2 is 2.41 bits per heavy atom. The number of rotatable bonds is 5. The first-order chi connectivity index (χ1) is 10.7. The molecule has 1 aliphatic heterocycles. The van der Waals surface area contributed by atoms with E-state index in [1.54, 1.807) is 12.4 Å². The van der Waals surface area contributed by atoms with Crippen LogP contribution in [-0.2, 0) is 16.0 Å². The fraction of sp³-hybridized carbons (Fsp3) is 0.647. The van der Waals surface area contributed by atoms with Crippen LogP contribution in [0, 0.1) is 11.3 Å². The highest BCUT2D eigenvalue weighted by Gasteiger charge is 2.77. The summed E-state index contributed by atoms with van der Waals surface area (Å²) in [6, 6.07) is 3.58. The van der Waals surface area contributed by atoms with Crippen LogP contribution in [0.5, 0.6) is 0 Å². The van der Waals surface area contributed by atoms with Gasteiger partial charge in [-0.3, -0.25) is 9.78 Å². The van der Waals surface area contributed by atoms with Crippen LogP contribution in [0.15, 0.2) is 24.5 Å². The second kappa shape index (κ2) is 5.03. The Hall–Kier alpha value is -1.46. The van der Waals surface area contributed by atoms with E-state index in [1.165, 1.54) is 0 Å². The smallest absolute Gasteiger partial charge is 0.229 e. The molecule has 0 aromatic carbocycles. The number of ether oxygens (including phenoxy) is 1. The van der Waals surface area contributed by atoms with Crippen LogP contribution in [0.1, 0.15) is 31.2 Å². The van der Waals surface area contributed by atoms with Crippen LogP contribution < -0.4 is 5.32 Å². The zero-order chi connectivity index (χ0) is 15.2. The Morgan fingerprint density at radius 1 is 1.55 bits per heavy atom. The van der Waals surface area contributed by atoms with Crippen LogP contribution in [0.4, 0.5) is 0 Å². The first-order valence-corrected chi connectivity index (χ1v) is 8.15. The standard InChI is InChI=1S/C17H22N2O3/c20-10-14(7-12-3-1-6-18-9-12)19-15(21)17-8-13(17)11-22-16(17)4-2-5-16/h1,3,6,9,13-14,20H,2,4-5,7-8,10-11H2,(H,19,21)/t13-,14?,17-/m0/s1. The van der Waals surface area contributed by atoms with Crippen LogP contribution in [0.2, 0.25) is 0 Å². The first kappa shape index (κ1) is 14.2. The maximum absolute atomic E-state index is 12.9. The van der Waals surface area contributed by atoms with Crippen LogP contribution in [0.3, 0.4) is 0 Å². The molecule has 118 valence electrons. The van der Waals surface area contributed by atoms with Crippen molar-refractivity contribution in [2.24, 2.45) is 11.3 Å². The molecule has 3 fully saturated rings. The number of carbonyl (C=O) groups is 1. The van der Waals surface area contributed by atoms with E-state index in [9.17, 15) is 9.90 Å². The van der Waals surface area contributed by atoms with E-state index in [4.69, 9.17) is 4.74 Å². The highest BCUT2D eigenvalue weighted by molar-refractivity contribution is 5.88. The van der Waals surface area contributed by atoms with Gasteiger partial charge in [-0.25, -0.2) is 0 Å². The molecule has 4 rings (SSSR count). The Labute approximate surface area is 130 Å². The highest BCUT2D eigenvalue weighted by atomic mass is 16.5. The predicted octanol–water partition coefficient (Wildman–Crippen LogP) is 1.06. The lowest BCUT2D eigenvalue weighted by atomic mass is 9.68. The fourth-order valence-corrected chi connectivity index (χ4v) is 4.33. The summed E-state index contributed by atoms with van der Waals surface area (Å²) in [4.78, 5) is 16.9. The second-order valence-electron chi connectivity index (χ2n) is 6.95. The number of nitrogens with zero attached hydrogens (tertiary/aromatic N) is 1. The molecule has 1 unspecified atom stereocenters. The van der Waals surface area contributed by atoms with E-state index in [0.29, 0.717) is 12.3 Å². The van der Waals surface area contributed by atoms with Gasteiger partial charge in [0.25, 0.3) is 0 Å². The van der Waals surface area contributed by atoms with Gasteiger partial charge < -0.3 is 15.2 Å². The summed E-state index contributed by atoms with van der Waals surface area (Å²) in [6.07, 6.45) is 8.21. The Bertz CT molecular complexity index is 573. The molecular weight excluding hydrogens is 280 g/mol. The number of fused-ring (bicyclic) bond motifs is 2. The topological polar surface area (TPSA) is 71.5 Å². The zero-order valence-electron chi connectivity index (χ0n) is 12.6. The molecule has 0 radical (unpaired) electrons. The molecular formula is C17H22N2O3. The third-order valence-corrected chi connectivity index (χ3v) is 5.81. The van der Waals surface area contributed by atoms with E-state index >= 15 is 0 Å². The van der Waals surface area contributed by atoms with Crippen LogP contribution in [-0.4, -0.2) is 40.9 Å². The molecule has 1 spiro atoms. The van der Waals surface area contributed by atoms with Crippen molar-refractivity contribution in [2.75, 3.05) is 13.2 Å². The Balaban J connectivity index is 1.45. The zero-order valence-corrected chi connectivity index (χ0v) is 12.6. The summed E-state index contributed by atoms with van der Waals surface area (Å²) in [5, 5.41) is 12.7. The lowest BCUT2D eigenvalue weighted by Crippen LogP contribution is -2.55. The van der Waals surface area contributed by atoms with Crippen molar-refractivity contribution in [3.05, 3.63) is 30.1 Å². The quantitative estimate of drug-likeness (QED) is 0.853. The normalized spacial score (nSPS) is 32.1. The predicted molar refractivity (Wildman–Crippen MR) is 80.0 cm³/mol. The summed E-state index contributed by atoms with van der Waals surface area (Å²) in [6.45, 7) is 0.662. The van der Waals surface area contributed by atoms with Crippen molar-refractivity contribution in [3.63, 3.8) is 0 Å². The minimum Gasteiger partial charge on any atom is -0.394 e. The molecule has 1 amide bonds. The maximum Gasteiger partial charge on any atom is 0.229 e. The van der Waals surface area contributed by atoms with Crippen molar-refractivity contribution in [3.8, 4) is 0 Å². The number of aliphatic hydroxyl groups excluding tert-OH is 1. The monoisotopic (exact) mass is 302 g/mol. The van der Waals surface area contributed by atoms with Crippen molar-refractivity contribution >= 4 is 5.91 Å². The summed E-state index contributed by atoms with van der Waals surface area (Å²) < 4.78 is 5.96. The van der Waals surface area contributed by atoms with Gasteiger partial charge in [-0.05, 0) is 43.7 Å². The van der Waals surface area contributed by atoms with E-state index in [-0.39, 0.29) is 29.6 Å². The van der Waals surface area contributed by atoms with Gasteiger partial charge in [-0.2, -0.15) is 0 Å². The Morgan fingerprint density at radius 3 is 3.00 bits per heavy atom. The SMILES string of the molecule is O=C(NC(CO)Cc1cccnc1)[C@]12C[C@H]1COC21CCC1. The third kappa shape index (κ3) is 1.92. The van der Waals surface area contributed by atoms with Crippen molar-refractivity contribution in [1.29, 1.82) is 0 Å². The number of amides is 1. The first-order valence-electron chi connectivity index (χ1n) is 8.15. The van der Waals surface area contributed by atoms with Gasteiger partial charge in [0, 0.05) is 18.3 Å². The molecule has 2 saturated carbocycles. The molecule has 3 atom stereocenters. The maximum atomic E-state index is 12.9. The molecule has 0 bridgehead atoms. The largest absolute Gasteiger partial charge is 0.394 e. The summed E-state index contributed by atoms with van der Waals surface area (Å²) >= 11 is 0. The van der Waals surface area contributed by atoms with Gasteiger partial charge in [-0.1, -0.05) is 6.07 Å². The summed E-state index contributed by atoms with van der Waals surface area (Å²) in [7, 11) is 0. The number of hydrogen-bond donors (Lipinski definition) is 2. The number of aromatic nitrogens is 1. The van der Waals surface area contributed by atoms with E-state index < -0.39 is 0 Å². The Kier molecular flexibility index (Phi) is 3.24. The number of hydrogen-bond acceptors (Lipinski definition) is 4. The van der Waals surface area contributed by atoms with Gasteiger partial charge in [0.05, 0.1) is 30.3 Å². The van der Waals surface area contributed by atoms with Gasteiger partial charge in [-0.15, -0.1) is 0 Å². The molecule has 22 heavy (non-hydrogen) atoms. The van der Waals surface area contributed by atoms with Gasteiger partial charge in [0.15, 0.2) is 0 Å². The summed E-state index contributed by atoms with van der Waals surface area (Å²) in [5.74, 6) is 0.461.